The topological polar surface area (TPSA) is 91.3 Å². The van der Waals surface area contributed by atoms with Crippen LogP contribution in [0.25, 0.3) is 0 Å². The van der Waals surface area contributed by atoms with Gasteiger partial charge in [0.1, 0.15) is 6.10 Å². The number of aliphatic hydroxyl groups is 1. The second-order valence-electron chi connectivity index (χ2n) is 17.0. The minimum absolute atomic E-state index is 0.0104. The molecule has 15 atom stereocenters. The van der Waals surface area contributed by atoms with Gasteiger partial charge in [0.2, 0.25) is 6.29 Å². The summed E-state index contributed by atoms with van der Waals surface area (Å²) >= 11 is 0. The van der Waals surface area contributed by atoms with Gasteiger partial charge in [-0.2, -0.15) is 0 Å². The Balaban J connectivity index is 0.930. The van der Waals surface area contributed by atoms with Gasteiger partial charge in [-0.25, -0.2) is 0 Å². The molecular formula is C38H58O7. The van der Waals surface area contributed by atoms with Crippen LogP contribution in [0.1, 0.15) is 125 Å². The number of carbonyl (C=O) groups is 2. The zero-order valence-corrected chi connectivity index (χ0v) is 28.4. The molecule has 7 nitrogen and oxygen atoms in total. The van der Waals surface area contributed by atoms with Gasteiger partial charge in [0.25, 0.3) is 0 Å². The number of carbonyl (C=O) groups excluding carboxylic acids is 2. The molecule has 7 rings (SSSR count). The van der Waals surface area contributed by atoms with Crippen LogP contribution >= 0.6 is 0 Å². The summed E-state index contributed by atoms with van der Waals surface area (Å²) in [7, 11) is 0. The second-order valence-corrected chi connectivity index (χ2v) is 17.0. The van der Waals surface area contributed by atoms with Crippen LogP contribution < -0.4 is 0 Å². The second kappa shape index (κ2) is 12.2. The summed E-state index contributed by atoms with van der Waals surface area (Å²) in [4.78, 5) is 26.2. The van der Waals surface area contributed by atoms with Gasteiger partial charge >= 0.3 is 11.9 Å². The molecule has 0 aromatic heterocycles. The van der Waals surface area contributed by atoms with E-state index in [0.717, 1.165) is 64.2 Å². The van der Waals surface area contributed by atoms with Crippen LogP contribution in [0, 0.1) is 58.2 Å². The SMILES string of the molecule is C[C@H]1[C@H](OC(=O)CCC(=O)O[C@H]2CC[C@H]3[C@@H]4CC=C5C[C@@H](O)CC[C@]5(C)[C@H]4CC[C@]23C)O[C@@H]2O[C@@H](C)CC[C@@H]3C2[C@H]1CC[C@H]3C. The lowest BCUT2D eigenvalue weighted by molar-refractivity contribution is -0.325. The van der Waals surface area contributed by atoms with Gasteiger partial charge in [0.15, 0.2) is 6.29 Å². The fourth-order valence-electron chi connectivity index (χ4n) is 12.0. The Kier molecular flexibility index (Phi) is 8.72. The molecule has 2 heterocycles. The van der Waals surface area contributed by atoms with Gasteiger partial charge in [-0.1, -0.05) is 45.8 Å². The molecule has 6 fully saturated rings. The molecule has 252 valence electrons. The first kappa shape index (κ1) is 32.1. The highest BCUT2D eigenvalue weighted by Crippen LogP contribution is 2.65. The lowest BCUT2D eigenvalue weighted by Gasteiger charge is -2.57. The predicted octanol–water partition coefficient (Wildman–Crippen LogP) is 7.34. The van der Waals surface area contributed by atoms with E-state index in [9.17, 15) is 14.7 Å². The van der Waals surface area contributed by atoms with E-state index in [2.05, 4.69) is 40.7 Å². The van der Waals surface area contributed by atoms with E-state index in [1.165, 1.54) is 18.4 Å². The van der Waals surface area contributed by atoms with Crippen LogP contribution in [0.15, 0.2) is 11.6 Å². The first-order chi connectivity index (χ1) is 21.5. The van der Waals surface area contributed by atoms with Crippen molar-refractivity contribution >= 4 is 11.9 Å². The highest BCUT2D eigenvalue weighted by Gasteiger charge is 2.60. The van der Waals surface area contributed by atoms with Gasteiger partial charge in [-0.05, 0) is 118 Å². The molecule has 0 radical (unpaired) electrons. The monoisotopic (exact) mass is 626 g/mol. The third-order valence-corrected chi connectivity index (χ3v) is 14.7. The molecule has 2 aliphatic heterocycles. The van der Waals surface area contributed by atoms with Crippen LogP contribution in [0.2, 0.25) is 0 Å². The van der Waals surface area contributed by atoms with Crippen LogP contribution in [0.4, 0.5) is 0 Å². The Hall–Kier alpha value is -1.44. The van der Waals surface area contributed by atoms with E-state index in [1.54, 1.807) is 0 Å². The van der Waals surface area contributed by atoms with E-state index in [0.29, 0.717) is 41.4 Å². The van der Waals surface area contributed by atoms with Gasteiger partial charge in [0.05, 0.1) is 25.0 Å². The molecule has 0 aromatic carbocycles. The van der Waals surface area contributed by atoms with E-state index >= 15 is 0 Å². The molecule has 4 saturated carbocycles. The fraction of sp³-hybridized carbons (Fsp3) is 0.895. The summed E-state index contributed by atoms with van der Waals surface area (Å²) in [5.41, 5.74) is 1.68. The zero-order chi connectivity index (χ0) is 31.7. The number of fused-ring (bicyclic) bond motifs is 5. The Morgan fingerprint density at radius 2 is 1.60 bits per heavy atom. The van der Waals surface area contributed by atoms with Crippen LogP contribution in [-0.2, 0) is 28.5 Å². The van der Waals surface area contributed by atoms with E-state index < -0.39 is 12.3 Å². The van der Waals surface area contributed by atoms with Crippen molar-refractivity contribution in [3.8, 4) is 0 Å². The lowest BCUT2D eigenvalue weighted by Crippen LogP contribution is -2.54. The summed E-state index contributed by atoms with van der Waals surface area (Å²) in [6.45, 7) is 11.4. The third-order valence-electron chi connectivity index (χ3n) is 14.7. The Morgan fingerprint density at radius 1 is 0.844 bits per heavy atom. The van der Waals surface area contributed by atoms with Gasteiger partial charge in [-0.15, -0.1) is 0 Å². The number of aliphatic hydroxyl groups excluding tert-OH is 1. The average Bonchev–Trinajstić information content (AvgIpc) is 3.23. The maximum absolute atomic E-state index is 13.1. The Bertz CT molecular complexity index is 1170. The summed E-state index contributed by atoms with van der Waals surface area (Å²) in [5, 5.41) is 10.3. The Labute approximate surface area is 270 Å². The number of allylic oxidation sites excluding steroid dienone is 1. The number of rotatable bonds is 5. The third kappa shape index (κ3) is 5.63. The van der Waals surface area contributed by atoms with Crippen molar-refractivity contribution in [2.24, 2.45) is 58.2 Å². The molecule has 45 heavy (non-hydrogen) atoms. The average molecular weight is 627 g/mol. The number of hydrogen-bond acceptors (Lipinski definition) is 7. The minimum atomic E-state index is -0.636. The van der Waals surface area contributed by atoms with Crippen molar-refractivity contribution in [3.05, 3.63) is 11.6 Å². The summed E-state index contributed by atoms with van der Waals surface area (Å²) < 4.78 is 24.8. The normalized spacial score (nSPS) is 50.5. The first-order valence-corrected chi connectivity index (χ1v) is 18.6. The van der Waals surface area contributed by atoms with Crippen LogP contribution in [-0.4, -0.2) is 47.9 Å². The molecule has 5 aliphatic carbocycles. The fourth-order valence-corrected chi connectivity index (χ4v) is 12.0. The Morgan fingerprint density at radius 3 is 2.40 bits per heavy atom. The number of esters is 2. The van der Waals surface area contributed by atoms with Crippen molar-refractivity contribution in [2.75, 3.05) is 0 Å². The van der Waals surface area contributed by atoms with E-state index in [1.807, 2.05) is 0 Å². The maximum atomic E-state index is 13.1. The lowest BCUT2D eigenvalue weighted by atomic mass is 9.48. The zero-order valence-electron chi connectivity index (χ0n) is 28.4. The number of hydrogen-bond donors (Lipinski definition) is 1. The van der Waals surface area contributed by atoms with Crippen molar-refractivity contribution in [2.45, 2.75) is 155 Å². The minimum Gasteiger partial charge on any atom is -0.462 e. The van der Waals surface area contributed by atoms with Gasteiger partial charge < -0.3 is 24.1 Å². The van der Waals surface area contributed by atoms with Crippen molar-refractivity contribution < 1.29 is 33.6 Å². The first-order valence-electron chi connectivity index (χ1n) is 18.6. The summed E-state index contributed by atoms with van der Waals surface area (Å²) in [6.07, 6.45) is 14.1. The molecular weight excluding hydrogens is 568 g/mol. The van der Waals surface area contributed by atoms with E-state index in [4.69, 9.17) is 18.9 Å². The van der Waals surface area contributed by atoms with E-state index in [-0.39, 0.29) is 60.2 Å². The van der Waals surface area contributed by atoms with Crippen LogP contribution in [0.3, 0.4) is 0 Å². The van der Waals surface area contributed by atoms with Gasteiger partial charge in [-0.3, -0.25) is 9.59 Å². The standard InChI is InChI=1S/C38H58O7/c1-21-6-9-27-23(3)35(45-36-34(27)26(21)10-7-22(2)42-36)44-33(41)15-14-32(40)43-31-13-12-29-28-11-8-24-20-25(39)16-18-37(24,4)30(28)17-19-38(29,31)5/h8,21-23,25-31,34-36,39H,6-7,9-20H2,1-5H3/t21-,22+,23-,25+,26+,27+,28+,29+,30+,31+,34?,35-,36+,37+,38+/m1/s1. The van der Waals surface area contributed by atoms with Crippen molar-refractivity contribution in [1.29, 1.82) is 0 Å². The highest BCUT2D eigenvalue weighted by molar-refractivity contribution is 5.77. The summed E-state index contributed by atoms with van der Waals surface area (Å²) in [6, 6.07) is 0. The molecule has 0 amide bonds. The maximum Gasteiger partial charge on any atom is 0.308 e. The molecule has 0 bridgehead atoms. The van der Waals surface area contributed by atoms with Gasteiger partial charge in [0, 0.05) is 17.3 Å². The molecule has 1 unspecified atom stereocenters. The smallest absolute Gasteiger partial charge is 0.308 e. The molecule has 1 N–H and O–H groups in total. The largest absolute Gasteiger partial charge is 0.462 e. The van der Waals surface area contributed by atoms with Crippen LogP contribution in [0.5, 0.6) is 0 Å². The molecule has 7 heteroatoms. The molecule has 0 spiro atoms. The highest BCUT2D eigenvalue weighted by atomic mass is 16.8. The predicted molar refractivity (Wildman–Crippen MR) is 169 cm³/mol. The quantitative estimate of drug-likeness (QED) is 0.252. The van der Waals surface area contributed by atoms with Crippen molar-refractivity contribution in [3.63, 3.8) is 0 Å². The molecule has 0 aromatic rings. The number of ether oxygens (including phenoxy) is 4. The molecule has 7 aliphatic rings. The van der Waals surface area contributed by atoms with Crippen molar-refractivity contribution in [1.82, 2.24) is 0 Å². The molecule has 2 saturated heterocycles. The summed E-state index contributed by atoms with van der Waals surface area (Å²) in [5.74, 6) is 3.27.